The fourth-order valence-electron chi connectivity index (χ4n) is 2.76. The molecule has 7 heteroatoms. The Balaban J connectivity index is 1.94. The van der Waals surface area contributed by atoms with Gasteiger partial charge in [-0.2, -0.15) is 0 Å². The average Bonchev–Trinajstić information content (AvgIpc) is 2.89. The molecule has 1 amide bonds. The molecule has 0 saturated heterocycles. The summed E-state index contributed by atoms with van der Waals surface area (Å²) in [6.45, 7) is 3.92. The van der Waals surface area contributed by atoms with E-state index in [1.54, 1.807) is 18.7 Å². The van der Waals surface area contributed by atoms with Crippen LogP contribution in [0.5, 0.6) is 0 Å². The molecule has 2 aromatic rings. The summed E-state index contributed by atoms with van der Waals surface area (Å²) in [5, 5.41) is 7.80. The minimum Gasteiger partial charge on any atom is -0.425 e. The van der Waals surface area contributed by atoms with Gasteiger partial charge >= 0.3 is 0 Å². The predicted octanol–water partition coefficient (Wildman–Crippen LogP) is 3.00. The van der Waals surface area contributed by atoms with E-state index in [0.717, 1.165) is 12.0 Å². The third-order valence-corrected chi connectivity index (χ3v) is 4.11. The zero-order chi connectivity index (χ0) is 15.9. The smallest absolute Gasteiger partial charge is 0.236 e. The minimum atomic E-state index is -0.342. The summed E-state index contributed by atoms with van der Waals surface area (Å²) in [4.78, 5) is 14.1. The molecule has 0 atom stereocenters. The molecule has 22 heavy (non-hydrogen) atoms. The summed E-state index contributed by atoms with van der Waals surface area (Å²) in [5.74, 6) is 0.158. The van der Waals surface area contributed by atoms with Crippen LogP contribution in [0.4, 0.5) is 10.1 Å². The number of amides is 1. The number of halogens is 2. The number of carbonyl (C=O) groups excluding carboxylic acids is 1. The van der Waals surface area contributed by atoms with Gasteiger partial charge in [0.1, 0.15) is 12.2 Å². The van der Waals surface area contributed by atoms with Crippen molar-refractivity contribution in [2.45, 2.75) is 33.1 Å². The van der Waals surface area contributed by atoms with Gasteiger partial charge in [-0.15, -0.1) is 10.2 Å². The molecule has 0 bridgehead atoms. The molecule has 1 aromatic carbocycles. The highest BCUT2D eigenvalue weighted by atomic mass is 35.5. The van der Waals surface area contributed by atoms with Crippen LogP contribution in [-0.4, -0.2) is 22.6 Å². The van der Waals surface area contributed by atoms with Gasteiger partial charge in [-0.3, -0.25) is 4.79 Å². The van der Waals surface area contributed by atoms with Crippen LogP contribution in [0.1, 0.15) is 29.3 Å². The maximum Gasteiger partial charge on any atom is 0.236 e. The van der Waals surface area contributed by atoms with Gasteiger partial charge in [-0.05, 0) is 37.0 Å². The Morgan fingerprint density at radius 1 is 1.45 bits per heavy atom. The molecule has 1 aliphatic rings. The van der Waals surface area contributed by atoms with Crippen molar-refractivity contribution in [3.63, 3.8) is 0 Å². The van der Waals surface area contributed by atoms with E-state index < -0.39 is 0 Å². The monoisotopic (exact) mass is 323 g/mol. The Hall–Kier alpha value is -1.95. The van der Waals surface area contributed by atoms with Crippen LogP contribution in [0.2, 0.25) is 5.02 Å². The van der Waals surface area contributed by atoms with E-state index in [9.17, 15) is 9.18 Å². The van der Waals surface area contributed by atoms with Crippen molar-refractivity contribution in [2.75, 3.05) is 11.4 Å². The number of benzene rings is 1. The number of carbonyl (C=O) groups is 1. The number of anilines is 1. The molecule has 0 aliphatic carbocycles. The molecule has 2 heterocycles. The Morgan fingerprint density at radius 3 is 2.91 bits per heavy atom. The van der Waals surface area contributed by atoms with Gasteiger partial charge in [0, 0.05) is 13.5 Å². The van der Waals surface area contributed by atoms with Crippen molar-refractivity contribution < 1.29 is 13.6 Å². The molecule has 0 radical (unpaired) electrons. The average molecular weight is 324 g/mol. The summed E-state index contributed by atoms with van der Waals surface area (Å²) >= 11 is 6.18. The summed E-state index contributed by atoms with van der Waals surface area (Å²) in [6, 6.07) is 1.26. The molecular formula is C15H15ClFN3O2. The van der Waals surface area contributed by atoms with Crippen LogP contribution in [-0.2, 0) is 17.6 Å². The number of hydrogen-bond acceptors (Lipinski definition) is 4. The Kier molecular flexibility index (Phi) is 3.87. The number of aryl methyl sites for hydroxylation is 1. The van der Waals surface area contributed by atoms with Crippen LogP contribution < -0.4 is 4.90 Å². The molecule has 1 aliphatic heterocycles. The summed E-state index contributed by atoms with van der Waals surface area (Å²) < 4.78 is 19.1. The highest BCUT2D eigenvalue weighted by molar-refractivity contribution is 6.34. The van der Waals surface area contributed by atoms with Gasteiger partial charge in [0.15, 0.2) is 0 Å². The van der Waals surface area contributed by atoms with Gasteiger partial charge in [-0.1, -0.05) is 11.6 Å². The van der Waals surface area contributed by atoms with E-state index in [4.69, 9.17) is 16.0 Å². The number of fused-ring (bicyclic) bond motifs is 1. The number of nitrogens with zero attached hydrogens (tertiary/aromatic N) is 3. The highest BCUT2D eigenvalue weighted by Gasteiger charge is 2.28. The summed E-state index contributed by atoms with van der Waals surface area (Å²) in [6.07, 6.45) is 1.48. The predicted molar refractivity (Wildman–Crippen MR) is 79.6 cm³/mol. The molecule has 0 fully saturated rings. The lowest BCUT2D eigenvalue weighted by Gasteiger charge is -2.31. The first-order chi connectivity index (χ1) is 10.5. The first-order valence-corrected chi connectivity index (χ1v) is 7.42. The van der Waals surface area contributed by atoms with Crippen molar-refractivity contribution >= 4 is 23.2 Å². The Labute approximate surface area is 132 Å². The largest absolute Gasteiger partial charge is 0.425 e. The van der Waals surface area contributed by atoms with Gasteiger partial charge in [0.05, 0.1) is 10.7 Å². The second-order valence-corrected chi connectivity index (χ2v) is 5.74. The minimum absolute atomic E-state index is 0.00698. The lowest BCUT2D eigenvalue weighted by Crippen LogP contribution is -2.37. The third-order valence-electron chi connectivity index (χ3n) is 3.83. The van der Waals surface area contributed by atoms with E-state index >= 15 is 0 Å². The fraction of sp³-hybridized carbons (Fsp3) is 0.400. The molecule has 0 spiro atoms. The van der Waals surface area contributed by atoms with E-state index in [0.29, 0.717) is 30.1 Å². The van der Waals surface area contributed by atoms with Gasteiger partial charge in [-0.25, -0.2) is 4.39 Å². The summed E-state index contributed by atoms with van der Waals surface area (Å²) in [5.41, 5.74) is 1.95. The zero-order valence-corrected chi connectivity index (χ0v) is 13.1. The lowest BCUT2D eigenvalue weighted by atomic mass is 9.96. The van der Waals surface area contributed by atoms with Crippen molar-refractivity contribution in [1.29, 1.82) is 0 Å². The van der Waals surface area contributed by atoms with E-state index in [1.807, 2.05) is 0 Å². The first kappa shape index (κ1) is 15.0. The highest BCUT2D eigenvalue weighted by Crippen LogP contribution is 2.38. The molecule has 0 unspecified atom stereocenters. The van der Waals surface area contributed by atoms with Crippen LogP contribution in [0.25, 0.3) is 0 Å². The Bertz CT molecular complexity index is 745. The van der Waals surface area contributed by atoms with Crippen molar-refractivity contribution in [3.05, 3.63) is 39.8 Å². The van der Waals surface area contributed by atoms with E-state index in [2.05, 4.69) is 10.2 Å². The standard InChI is InChI=1S/C15H15ClFN3O2/c1-8-10-4-3-5-20(15(10)11(16)6-12(8)17)14(21)7-13-19-18-9(2)22-13/h6H,3-5,7H2,1-2H3. The molecule has 0 saturated carbocycles. The number of aromatic nitrogens is 2. The first-order valence-electron chi connectivity index (χ1n) is 7.04. The second kappa shape index (κ2) is 5.68. The van der Waals surface area contributed by atoms with Crippen LogP contribution in [0, 0.1) is 19.7 Å². The van der Waals surface area contributed by atoms with Crippen LogP contribution in [0.3, 0.4) is 0 Å². The summed E-state index contributed by atoms with van der Waals surface area (Å²) in [7, 11) is 0. The molecule has 3 rings (SSSR count). The fourth-order valence-corrected chi connectivity index (χ4v) is 3.07. The van der Waals surface area contributed by atoms with Crippen molar-refractivity contribution in [3.8, 4) is 0 Å². The zero-order valence-electron chi connectivity index (χ0n) is 12.3. The molecule has 1 aromatic heterocycles. The second-order valence-electron chi connectivity index (χ2n) is 5.33. The van der Waals surface area contributed by atoms with Crippen molar-refractivity contribution in [1.82, 2.24) is 10.2 Å². The normalized spacial score (nSPS) is 14.1. The van der Waals surface area contributed by atoms with Gasteiger partial charge < -0.3 is 9.32 Å². The van der Waals surface area contributed by atoms with Gasteiger partial charge in [0.2, 0.25) is 17.7 Å². The topological polar surface area (TPSA) is 59.2 Å². The third kappa shape index (κ3) is 2.59. The quantitative estimate of drug-likeness (QED) is 0.852. The van der Waals surface area contributed by atoms with Gasteiger partial charge in [0.25, 0.3) is 0 Å². The van der Waals surface area contributed by atoms with E-state index in [-0.39, 0.29) is 29.1 Å². The van der Waals surface area contributed by atoms with Crippen molar-refractivity contribution in [2.24, 2.45) is 0 Å². The molecular weight excluding hydrogens is 309 g/mol. The van der Waals surface area contributed by atoms with Crippen LogP contribution in [0.15, 0.2) is 10.5 Å². The van der Waals surface area contributed by atoms with Crippen LogP contribution >= 0.6 is 11.6 Å². The maximum atomic E-state index is 13.8. The molecule has 116 valence electrons. The SMILES string of the molecule is Cc1nnc(CC(=O)N2CCCc3c(C)c(F)cc(Cl)c32)o1. The molecule has 5 nitrogen and oxygen atoms in total. The maximum absolute atomic E-state index is 13.8. The Morgan fingerprint density at radius 2 is 2.23 bits per heavy atom. The van der Waals surface area contributed by atoms with E-state index in [1.165, 1.54) is 6.07 Å². The lowest BCUT2D eigenvalue weighted by molar-refractivity contribution is -0.118. The molecule has 0 N–H and O–H groups in total. The number of hydrogen-bond donors (Lipinski definition) is 0. The number of rotatable bonds is 2.